The molecule has 1 aliphatic rings. The Morgan fingerprint density at radius 1 is 1.43 bits per heavy atom. The molecule has 1 aromatic heterocycles. The van der Waals surface area contributed by atoms with Crippen molar-refractivity contribution in [2.24, 2.45) is 0 Å². The van der Waals surface area contributed by atoms with Gasteiger partial charge >= 0.3 is 0 Å². The summed E-state index contributed by atoms with van der Waals surface area (Å²) in [6.07, 6.45) is 3.01. The first-order chi connectivity index (χ1) is 6.90. The highest BCUT2D eigenvalue weighted by atomic mass is 32.2. The molecule has 0 atom stereocenters. The fourth-order valence-electron chi connectivity index (χ4n) is 1.45. The predicted molar refractivity (Wildman–Crippen MR) is 62.2 cm³/mol. The molecule has 0 spiro atoms. The van der Waals surface area contributed by atoms with Crippen molar-refractivity contribution in [3.63, 3.8) is 0 Å². The van der Waals surface area contributed by atoms with Crippen molar-refractivity contribution in [3.05, 3.63) is 11.1 Å². The summed E-state index contributed by atoms with van der Waals surface area (Å²) in [7, 11) is 0. The highest BCUT2D eigenvalue weighted by molar-refractivity contribution is 7.99. The Hall–Kier alpha value is -0.260. The molecular weight excluding hydrogens is 216 g/mol. The third-order valence-electron chi connectivity index (χ3n) is 2.19. The molecule has 0 amide bonds. The topological polar surface area (TPSA) is 36.4 Å². The monoisotopic (exact) mass is 230 g/mol. The van der Waals surface area contributed by atoms with E-state index in [1.807, 2.05) is 11.8 Å². The van der Waals surface area contributed by atoms with E-state index in [9.17, 15) is 0 Å². The van der Waals surface area contributed by atoms with Gasteiger partial charge in [-0.2, -0.15) is 11.8 Å². The first-order valence-electron chi connectivity index (χ1n) is 4.78. The van der Waals surface area contributed by atoms with E-state index >= 15 is 0 Å². The number of aliphatic hydroxyl groups excluding tert-OH is 1. The summed E-state index contributed by atoms with van der Waals surface area (Å²) in [6, 6.07) is 0. The number of thiazole rings is 1. The molecular formula is C9H14N2OS2. The number of hydrogen-bond acceptors (Lipinski definition) is 5. The van der Waals surface area contributed by atoms with Crippen LogP contribution in [0.5, 0.6) is 0 Å². The normalized spacial score (nSPS) is 18.2. The minimum atomic E-state index is 0.111. The van der Waals surface area contributed by atoms with E-state index in [4.69, 9.17) is 5.11 Å². The van der Waals surface area contributed by atoms with Crippen LogP contribution >= 0.6 is 23.1 Å². The summed E-state index contributed by atoms with van der Waals surface area (Å²) in [5.74, 6) is 2.45. The van der Waals surface area contributed by atoms with Crippen molar-refractivity contribution in [2.45, 2.75) is 13.0 Å². The van der Waals surface area contributed by atoms with E-state index < -0.39 is 0 Å². The van der Waals surface area contributed by atoms with Gasteiger partial charge in [-0.05, 0) is 12.2 Å². The van der Waals surface area contributed by atoms with Crippen molar-refractivity contribution in [1.29, 1.82) is 0 Å². The molecule has 78 valence electrons. The largest absolute Gasteiger partial charge is 0.391 e. The van der Waals surface area contributed by atoms with Crippen LogP contribution in [-0.4, -0.2) is 34.7 Å². The fraction of sp³-hybridized carbons (Fsp3) is 0.667. The van der Waals surface area contributed by atoms with Gasteiger partial charge in [0.05, 0.1) is 11.5 Å². The van der Waals surface area contributed by atoms with E-state index in [2.05, 4.69) is 9.88 Å². The number of aliphatic hydroxyl groups is 1. The van der Waals surface area contributed by atoms with Crippen LogP contribution in [0.3, 0.4) is 0 Å². The van der Waals surface area contributed by atoms with E-state index in [0.717, 1.165) is 23.1 Å². The van der Waals surface area contributed by atoms with Crippen molar-refractivity contribution < 1.29 is 5.11 Å². The van der Waals surface area contributed by atoms with Crippen LogP contribution in [0, 0.1) is 0 Å². The standard InChI is InChI=1S/C9H14N2OS2/c12-7-8-6-10-9(14-8)11-2-1-4-13-5-3-11/h6,12H,1-5,7H2. The summed E-state index contributed by atoms with van der Waals surface area (Å²) in [6.45, 7) is 2.30. The molecule has 1 aliphatic heterocycles. The first kappa shape index (κ1) is 10.3. The Labute approximate surface area is 92.2 Å². The summed E-state index contributed by atoms with van der Waals surface area (Å²) >= 11 is 3.62. The molecule has 3 nitrogen and oxygen atoms in total. The molecule has 1 N–H and O–H groups in total. The van der Waals surface area contributed by atoms with Crippen molar-refractivity contribution >= 4 is 28.2 Å². The molecule has 0 radical (unpaired) electrons. The van der Waals surface area contributed by atoms with Crippen LogP contribution in [0.25, 0.3) is 0 Å². The van der Waals surface area contributed by atoms with Crippen LogP contribution < -0.4 is 4.90 Å². The summed E-state index contributed by atoms with van der Waals surface area (Å²) in [5.41, 5.74) is 0. The molecule has 1 fully saturated rings. The average Bonchev–Trinajstić information content (AvgIpc) is 2.53. The Bertz CT molecular complexity index is 282. The molecule has 2 rings (SSSR count). The Morgan fingerprint density at radius 2 is 2.36 bits per heavy atom. The number of rotatable bonds is 2. The lowest BCUT2D eigenvalue weighted by molar-refractivity contribution is 0.285. The number of aromatic nitrogens is 1. The van der Waals surface area contributed by atoms with Crippen LogP contribution in [0.4, 0.5) is 5.13 Å². The van der Waals surface area contributed by atoms with Crippen LogP contribution in [0.15, 0.2) is 6.20 Å². The van der Waals surface area contributed by atoms with Crippen LogP contribution in [0.2, 0.25) is 0 Å². The molecule has 5 heteroatoms. The van der Waals surface area contributed by atoms with Crippen molar-refractivity contribution in [3.8, 4) is 0 Å². The lowest BCUT2D eigenvalue weighted by atomic mass is 10.4. The SMILES string of the molecule is OCc1cnc(N2CCCSCC2)s1. The van der Waals surface area contributed by atoms with E-state index in [0.29, 0.717) is 0 Å². The number of hydrogen-bond donors (Lipinski definition) is 1. The van der Waals surface area contributed by atoms with Crippen molar-refractivity contribution in [1.82, 2.24) is 4.98 Å². The van der Waals surface area contributed by atoms with Gasteiger partial charge in [0.15, 0.2) is 5.13 Å². The number of thioether (sulfide) groups is 1. The second-order valence-corrected chi connectivity index (χ2v) is 5.54. The maximum Gasteiger partial charge on any atom is 0.185 e. The first-order valence-corrected chi connectivity index (χ1v) is 6.75. The number of nitrogens with zero attached hydrogens (tertiary/aromatic N) is 2. The van der Waals surface area contributed by atoms with E-state index in [1.165, 1.54) is 17.9 Å². The van der Waals surface area contributed by atoms with Gasteiger partial charge in [-0.25, -0.2) is 4.98 Å². The fourth-order valence-corrected chi connectivity index (χ4v) is 3.16. The van der Waals surface area contributed by atoms with E-state index in [-0.39, 0.29) is 6.61 Å². The Kier molecular flexibility index (Phi) is 3.67. The van der Waals surface area contributed by atoms with Crippen LogP contribution in [-0.2, 0) is 6.61 Å². The van der Waals surface area contributed by atoms with Gasteiger partial charge in [0.25, 0.3) is 0 Å². The second-order valence-electron chi connectivity index (χ2n) is 3.22. The lowest BCUT2D eigenvalue weighted by Crippen LogP contribution is -2.25. The summed E-state index contributed by atoms with van der Waals surface area (Å²) < 4.78 is 0. The molecule has 0 unspecified atom stereocenters. The smallest absolute Gasteiger partial charge is 0.185 e. The summed E-state index contributed by atoms with van der Waals surface area (Å²) in [5, 5.41) is 10.0. The van der Waals surface area contributed by atoms with Gasteiger partial charge in [0.2, 0.25) is 0 Å². The third-order valence-corrected chi connectivity index (χ3v) is 4.28. The predicted octanol–water partition coefficient (Wildman–Crippen LogP) is 1.58. The van der Waals surface area contributed by atoms with E-state index in [1.54, 1.807) is 17.5 Å². The minimum absolute atomic E-state index is 0.111. The maximum absolute atomic E-state index is 8.95. The zero-order chi connectivity index (χ0) is 9.80. The molecule has 14 heavy (non-hydrogen) atoms. The zero-order valence-electron chi connectivity index (χ0n) is 7.98. The lowest BCUT2D eigenvalue weighted by Gasteiger charge is -2.17. The van der Waals surface area contributed by atoms with Crippen LogP contribution in [0.1, 0.15) is 11.3 Å². The number of anilines is 1. The van der Waals surface area contributed by atoms with Gasteiger partial charge < -0.3 is 10.0 Å². The van der Waals surface area contributed by atoms with Gasteiger partial charge in [-0.15, -0.1) is 0 Å². The molecule has 0 bridgehead atoms. The average molecular weight is 230 g/mol. The molecule has 0 saturated carbocycles. The van der Waals surface area contributed by atoms with Gasteiger partial charge in [-0.1, -0.05) is 11.3 Å². The molecule has 0 aromatic carbocycles. The van der Waals surface area contributed by atoms with Gasteiger partial charge in [-0.3, -0.25) is 0 Å². The Balaban J connectivity index is 2.04. The Morgan fingerprint density at radius 3 is 3.14 bits per heavy atom. The molecule has 1 aromatic rings. The highest BCUT2D eigenvalue weighted by Gasteiger charge is 2.12. The summed E-state index contributed by atoms with van der Waals surface area (Å²) in [4.78, 5) is 7.61. The zero-order valence-corrected chi connectivity index (χ0v) is 9.61. The third kappa shape index (κ3) is 2.40. The van der Waals surface area contributed by atoms with Gasteiger partial charge in [0.1, 0.15) is 0 Å². The molecule has 2 heterocycles. The minimum Gasteiger partial charge on any atom is -0.391 e. The molecule has 0 aliphatic carbocycles. The highest BCUT2D eigenvalue weighted by Crippen LogP contribution is 2.24. The second kappa shape index (κ2) is 5.00. The maximum atomic E-state index is 8.95. The van der Waals surface area contributed by atoms with Gasteiger partial charge in [0, 0.05) is 25.0 Å². The van der Waals surface area contributed by atoms with Crippen molar-refractivity contribution in [2.75, 3.05) is 29.5 Å². The quantitative estimate of drug-likeness (QED) is 0.837. The molecule has 1 saturated heterocycles.